The summed E-state index contributed by atoms with van der Waals surface area (Å²) in [6, 6.07) is 4.11. The average molecular weight is 319 g/mol. The van der Waals surface area contributed by atoms with Gasteiger partial charge in [-0.1, -0.05) is 6.42 Å². The molecular weight excluding hydrogens is 298 g/mol. The summed E-state index contributed by atoms with van der Waals surface area (Å²) in [6.07, 6.45) is 6.78. The van der Waals surface area contributed by atoms with Gasteiger partial charge in [-0.2, -0.15) is 0 Å². The lowest BCUT2D eigenvalue weighted by molar-refractivity contribution is 0.181. The smallest absolute Gasteiger partial charge is 0.405 e. The molecule has 2 N–H and O–H groups in total. The van der Waals surface area contributed by atoms with E-state index in [1.165, 1.54) is 24.2 Å². The van der Waals surface area contributed by atoms with Crippen molar-refractivity contribution in [2.75, 3.05) is 5.75 Å². The zero-order valence-corrected chi connectivity index (χ0v) is 13.7. The maximum absolute atomic E-state index is 11.0. The molecule has 0 aromatic carbocycles. The number of carboxylic acid groups (broad SMARTS) is 1. The maximum Gasteiger partial charge on any atom is 0.405 e. The van der Waals surface area contributed by atoms with E-state index in [1.54, 1.807) is 0 Å². The summed E-state index contributed by atoms with van der Waals surface area (Å²) in [5, 5.41) is 11.5. The average Bonchev–Trinajstić information content (AvgIpc) is 2.80. The molecule has 0 spiro atoms. The number of carbonyl (C=O) groups is 1. The van der Waals surface area contributed by atoms with E-state index in [-0.39, 0.29) is 0 Å². The number of thioether (sulfide) groups is 1. The van der Waals surface area contributed by atoms with Crippen LogP contribution in [-0.2, 0) is 5.54 Å². The number of pyridine rings is 1. The standard InChI is InChI=1S/C16H21N3O2S/c1-16(2,18-15(20)21)14-17-9-12-13(7-4-8-19(12)14)22-10-11-5-3-6-11/h4,7-9,11,18H,3,5-6,10H2,1-2H3,(H,20,21). The van der Waals surface area contributed by atoms with Gasteiger partial charge in [0, 0.05) is 16.8 Å². The number of hydrogen-bond acceptors (Lipinski definition) is 3. The van der Waals surface area contributed by atoms with Crippen molar-refractivity contribution in [3.8, 4) is 0 Å². The predicted octanol–water partition coefficient (Wildman–Crippen LogP) is 3.73. The van der Waals surface area contributed by atoms with E-state index >= 15 is 0 Å². The molecule has 1 saturated carbocycles. The molecule has 0 atom stereocenters. The van der Waals surface area contributed by atoms with Crippen LogP contribution in [0.3, 0.4) is 0 Å². The van der Waals surface area contributed by atoms with E-state index in [4.69, 9.17) is 5.11 Å². The van der Waals surface area contributed by atoms with Gasteiger partial charge in [0.15, 0.2) is 0 Å². The number of fused-ring (bicyclic) bond motifs is 1. The molecule has 0 radical (unpaired) electrons. The highest BCUT2D eigenvalue weighted by atomic mass is 32.2. The molecule has 5 nitrogen and oxygen atoms in total. The van der Waals surface area contributed by atoms with E-state index in [0.29, 0.717) is 5.82 Å². The Morgan fingerprint density at radius 1 is 1.55 bits per heavy atom. The Kier molecular flexibility index (Phi) is 4.04. The molecule has 3 rings (SSSR count). The summed E-state index contributed by atoms with van der Waals surface area (Å²) in [4.78, 5) is 16.7. The van der Waals surface area contributed by atoms with Gasteiger partial charge >= 0.3 is 6.09 Å². The van der Waals surface area contributed by atoms with Gasteiger partial charge in [0.1, 0.15) is 5.82 Å². The van der Waals surface area contributed by atoms with Crippen LogP contribution in [0.4, 0.5) is 4.79 Å². The second-order valence-corrected chi connectivity index (χ2v) is 7.43. The lowest BCUT2D eigenvalue weighted by Crippen LogP contribution is -2.41. The molecule has 0 unspecified atom stereocenters. The van der Waals surface area contributed by atoms with Crippen LogP contribution in [0.2, 0.25) is 0 Å². The normalized spacial score (nSPS) is 15.7. The maximum atomic E-state index is 11.0. The quantitative estimate of drug-likeness (QED) is 0.824. The number of aromatic nitrogens is 2. The SMILES string of the molecule is CC(C)(NC(=O)O)c1ncc2c(SCC3CCC3)cccn12. The van der Waals surface area contributed by atoms with Crippen LogP contribution in [0, 0.1) is 5.92 Å². The third kappa shape index (κ3) is 2.92. The third-order valence-corrected chi connectivity index (χ3v) is 5.50. The molecule has 0 bridgehead atoms. The second kappa shape index (κ2) is 5.83. The summed E-state index contributed by atoms with van der Waals surface area (Å²) in [5.74, 6) is 2.70. The van der Waals surface area contributed by atoms with Gasteiger partial charge in [-0.15, -0.1) is 11.8 Å². The van der Waals surface area contributed by atoms with Crippen molar-refractivity contribution in [2.45, 2.75) is 43.5 Å². The predicted molar refractivity (Wildman–Crippen MR) is 87.4 cm³/mol. The van der Waals surface area contributed by atoms with Crippen molar-refractivity contribution in [1.29, 1.82) is 0 Å². The van der Waals surface area contributed by atoms with Gasteiger partial charge in [0.2, 0.25) is 0 Å². The van der Waals surface area contributed by atoms with E-state index in [2.05, 4.69) is 16.4 Å². The largest absolute Gasteiger partial charge is 0.465 e. The summed E-state index contributed by atoms with van der Waals surface area (Å²) < 4.78 is 1.99. The Morgan fingerprint density at radius 3 is 2.95 bits per heavy atom. The molecule has 2 aromatic heterocycles. The van der Waals surface area contributed by atoms with Crippen LogP contribution in [0.15, 0.2) is 29.4 Å². The second-order valence-electron chi connectivity index (χ2n) is 6.37. The van der Waals surface area contributed by atoms with Gasteiger partial charge < -0.3 is 14.8 Å². The Labute approximate surface area is 134 Å². The van der Waals surface area contributed by atoms with Crippen molar-refractivity contribution in [3.05, 3.63) is 30.4 Å². The lowest BCUT2D eigenvalue weighted by Gasteiger charge is -2.25. The first-order chi connectivity index (χ1) is 10.5. The molecule has 2 aromatic rings. The molecule has 6 heteroatoms. The number of rotatable bonds is 5. The van der Waals surface area contributed by atoms with E-state index < -0.39 is 11.6 Å². The molecule has 2 heterocycles. The first-order valence-electron chi connectivity index (χ1n) is 7.58. The molecule has 1 aliphatic rings. The highest BCUT2D eigenvalue weighted by molar-refractivity contribution is 7.99. The third-order valence-electron chi connectivity index (χ3n) is 4.21. The Bertz CT molecular complexity index is 692. The first kappa shape index (κ1) is 15.2. The zero-order chi connectivity index (χ0) is 15.7. The summed E-state index contributed by atoms with van der Waals surface area (Å²) in [7, 11) is 0. The van der Waals surface area contributed by atoms with E-state index in [9.17, 15) is 4.79 Å². The summed E-state index contributed by atoms with van der Waals surface area (Å²) >= 11 is 1.87. The number of hydrogen-bond donors (Lipinski definition) is 2. The van der Waals surface area contributed by atoms with Crippen LogP contribution >= 0.6 is 11.8 Å². The molecule has 1 amide bonds. The highest BCUT2D eigenvalue weighted by Crippen LogP contribution is 2.34. The van der Waals surface area contributed by atoms with Gasteiger partial charge in [-0.25, -0.2) is 9.78 Å². The van der Waals surface area contributed by atoms with Crippen LogP contribution in [0.1, 0.15) is 38.9 Å². The number of nitrogens with one attached hydrogen (secondary N) is 1. The summed E-state index contributed by atoms with van der Waals surface area (Å²) in [5.41, 5.74) is 0.303. The van der Waals surface area contributed by atoms with E-state index in [1.807, 2.05) is 48.5 Å². The van der Waals surface area contributed by atoms with Crippen molar-refractivity contribution in [1.82, 2.24) is 14.7 Å². The molecule has 22 heavy (non-hydrogen) atoms. The number of imidazole rings is 1. The van der Waals surface area contributed by atoms with Crippen LogP contribution in [0.5, 0.6) is 0 Å². The molecule has 0 aliphatic heterocycles. The van der Waals surface area contributed by atoms with Crippen LogP contribution < -0.4 is 5.32 Å². The van der Waals surface area contributed by atoms with Crippen LogP contribution in [0.25, 0.3) is 5.52 Å². The van der Waals surface area contributed by atoms with Crippen molar-refractivity contribution < 1.29 is 9.90 Å². The molecular formula is C16H21N3O2S. The minimum absolute atomic E-state index is 0.705. The van der Waals surface area contributed by atoms with Gasteiger partial charge in [0.05, 0.1) is 17.3 Å². The first-order valence-corrected chi connectivity index (χ1v) is 8.56. The molecule has 118 valence electrons. The van der Waals surface area contributed by atoms with Gasteiger partial charge in [-0.3, -0.25) is 0 Å². The van der Waals surface area contributed by atoms with Crippen molar-refractivity contribution in [2.24, 2.45) is 5.92 Å². The van der Waals surface area contributed by atoms with E-state index in [0.717, 1.165) is 17.2 Å². The Balaban J connectivity index is 1.89. The number of amides is 1. The van der Waals surface area contributed by atoms with Crippen LogP contribution in [-0.4, -0.2) is 26.3 Å². The monoisotopic (exact) mass is 319 g/mol. The lowest BCUT2D eigenvalue weighted by atomic mass is 9.87. The molecule has 0 saturated heterocycles. The van der Waals surface area contributed by atoms with Gasteiger partial charge in [0.25, 0.3) is 0 Å². The molecule has 1 aliphatic carbocycles. The topological polar surface area (TPSA) is 66.6 Å². The molecule has 1 fully saturated rings. The highest BCUT2D eigenvalue weighted by Gasteiger charge is 2.28. The van der Waals surface area contributed by atoms with Crippen molar-refractivity contribution in [3.63, 3.8) is 0 Å². The van der Waals surface area contributed by atoms with Crippen molar-refractivity contribution >= 4 is 23.4 Å². The fourth-order valence-corrected chi connectivity index (χ4v) is 3.99. The fraction of sp³-hybridized carbons (Fsp3) is 0.500. The number of nitrogens with zero attached hydrogens (tertiary/aromatic N) is 2. The Hall–Kier alpha value is -1.69. The minimum atomic E-state index is -1.04. The van der Waals surface area contributed by atoms with Gasteiger partial charge in [-0.05, 0) is 44.7 Å². The zero-order valence-electron chi connectivity index (χ0n) is 12.9. The fourth-order valence-electron chi connectivity index (χ4n) is 2.77. The Morgan fingerprint density at radius 2 is 2.32 bits per heavy atom. The summed E-state index contributed by atoms with van der Waals surface area (Å²) in [6.45, 7) is 3.65. The minimum Gasteiger partial charge on any atom is -0.465 e.